The molecular formula is C18H32Br2Si2. The van der Waals surface area contributed by atoms with Gasteiger partial charge in [0.2, 0.25) is 0 Å². The summed E-state index contributed by atoms with van der Waals surface area (Å²) in [5, 5.41) is 3.08. The second-order valence-corrected chi connectivity index (χ2v) is 24.5. The maximum absolute atomic E-state index is 4.19. The van der Waals surface area contributed by atoms with Crippen molar-refractivity contribution < 1.29 is 0 Å². The Morgan fingerprint density at radius 1 is 0.545 bits per heavy atom. The molecule has 0 bridgehead atoms. The zero-order chi connectivity index (χ0) is 17.3. The molecule has 22 heavy (non-hydrogen) atoms. The highest BCUT2D eigenvalue weighted by atomic mass is 79.9. The fraction of sp³-hybridized carbons (Fsp3) is 0.667. The van der Waals surface area contributed by atoms with E-state index in [1.165, 1.54) is 10.4 Å². The number of rotatable bonds is 6. The van der Waals surface area contributed by atoms with E-state index in [-0.39, 0.29) is 0 Å². The molecule has 0 aromatic heterocycles. The van der Waals surface area contributed by atoms with Crippen molar-refractivity contribution in [1.82, 2.24) is 0 Å². The predicted octanol–water partition coefficient (Wildman–Crippen LogP) is 6.42. The average molecular weight is 464 g/mol. The zero-order valence-electron chi connectivity index (χ0n) is 15.4. The predicted molar refractivity (Wildman–Crippen MR) is 115 cm³/mol. The highest BCUT2D eigenvalue weighted by Crippen LogP contribution is 2.39. The second-order valence-electron chi connectivity index (χ2n) is 7.73. The summed E-state index contributed by atoms with van der Waals surface area (Å²) in [6, 6.07) is 9.63. The maximum Gasteiger partial charge on any atom is 0.165 e. The van der Waals surface area contributed by atoms with Gasteiger partial charge in [0.05, 0.1) is 0 Å². The van der Waals surface area contributed by atoms with Crippen LogP contribution in [0, 0.1) is 0 Å². The number of hydrogen-bond donors (Lipinski definition) is 0. The van der Waals surface area contributed by atoms with Gasteiger partial charge in [-0.3, -0.25) is 0 Å². The van der Waals surface area contributed by atoms with Crippen molar-refractivity contribution >= 4 is 54.3 Å². The van der Waals surface area contributed by atoms with Crippen LogP contribution in [-0.2, 0) is 0 Å². The van der Waals surface area contributed by atoms with Crippen LogP contribution in [0.1, 0.15) is 55.4 Å². The van der Waals surface area contributed by atoms with E-state index in [4.69, 9.17) is 0 Å². The molecule has 0 aliphatic carbocycles. The van der Waals surface area contributed by atoms with Gasteiger partial charge in [-0.2, -0.15) is 0 Å². The minimum absolute atomic E-state index is 0.694. The molecule has 0 N–H and O–H groups in total. The van der Waals surface area contributed by atoms with Gasteiger partial charge >= 0.3 is 0 Å². The van der Waals surface area contributed by atoms with Crippen molar-refractivity contribution in [1.29, 1.82) is 0 Å². The summed E-state index contributed by atoms with van der Waals surface area (Å²) in [5.74, 6) is 0. The van der Waals surface area contributed by atoms with E-state index in [9.17, 15) is 0 Å². The quantitative estimate of drug-likeness (QED) is 0.337. The van der Waals surface area contributed by atoms with Crippen molar-refractivity contribution in [2.24, 2.45) is 0 Å². The smallest absolute Gasteiger partial charge is 0.120 e. The molecule has 4 heteroatoms. The van der Waals surface area contributed by atoms with Gasteiger partial charge in [-0.15, -0.1) is 30.6 Å². The lowest BCUT2D eigenvalue weighted by atomic mass is 10.4. The summed E-state index contributed by atoms with van der Waals surface area (Å²) in [6.07, 6.45) is 0. The molecule has 0 amide bonds. The standard InChI is InChI=1S/C18H32Br2Si2/c1-13(2)21(19,14(3)4)17-9-11-18(12-10-17)22(20,15(5)6)16(7)8/h9-16H,1-8H3. The minimum Gasteiger partial charge on any atom is -0.120 e. The third kappa shape index (κ3) is 3.65. The Hall–Kier alpha value is 0.614. The van der Waals surface area contributed by atoms with Gasteiger partial charge in [0.15, 0.2) is 13.4 Å². The van der Waals surface area contributed by atoms with E-state index in [1.807, 2.05) is 0 Å². The molecule has 0 heterocycles. The van der Waals surface area contributed by atoms with Gasteiger partial charge in [-0.05, 0) is 32.5 Å². The highest BCUT2D eigenvalue weighted by molar-refractivity contribution is 9.26. The van der Waals surface area contributed by atoms with Gasteiger partial charge in [-0.25, -0.2) is 0 Å². The molecule has 0 radical (unpaired) electrons. The maximum atomic E-state index is 4.19. The molecule has 1 aromatic carbocycles. The monoisotopic (exact) mass is 462 g/mol. The summed E-state index contributed by atoms with van der Waals surface area (Å²) in [5.41, 5.74) is 2.78. The number of halogens is 2. The third-order valence-corrected chi connectivity index (χ3v) is 28.0. The first kappa shape index (κ1) is 20.7. The molecule has 0 aliphatic heterocycles. The van der Waals surface area contributed by atoms with Crippen molar-refractivity contribution in [3.05, 3.63) is 24.3 Å². The molecule has 1 rings (SSSR count). The Morgan fingerprint density at radius 3 is 0.864 bits per heavy atom. The van der Waals surface area contributed by atoms with Crippen molar-refractivity contribution in [2.45, 2.75) is 77.6 Å². The van der Waals surface area contributed by atoms with E-state index in [0.717, 1.165) is 0 Å². The second kappa shape index (κ2) is 7.67. The van der Waals surface area contributed by atoms with Gasteiger partial charge < -0.3 is 0 Å². The molecule has 1 aromatic rings. The first-order valence-corrected chi connectivity index (χ1v) is 17.3. The van der Waals surface area contributed by atoms with Crippen LogP contribution in [0.2, 0.25) is 22.2 Å². The normalized spacial score (nSPS) is 13.7. The molecular weight excluding hydrogens is 432 g/mol. The van der Waals surface area contributed by atoms with Crippen LogP contribution < -0.4 is 10.4 Å². The summed E-state index contributed by atoms with van der Waals surface area (Å²) >= 11 is 8.39. The molecule has 0 fully saturated rings. The molecule has 0 spiro atoms. The zero-order valence-corrected chi connectivity index (χ0v) is 20.5. The van der Waals surface area contributed by atoms with E-state index >= 15 is 0 Å². The van der Waals surface area contributed by atoms with Crippen LogP contribution in [-0.4, -0.2) is 13.4 Å². The fourth-order valence-corrected chi connectivity index (χ4v) is 11.9. The van der Waals surface area contributed by atoms with Crippen molar-refractivity contribution in [3.8, 4) is 0 Å². The largest absolute Gasteiger partial charge is 0.165 e. The molecule has 126 valence electrons. The van der Waals surface area contributed by atoms with Crippen LogP contribution in [0.4, 0.5) is 0 Å². The SMILES string of the molecule is CC(C)[Si](Br)(c1ccc([Si](Br)(C(C)C)C(C)C)cc1)C(C)C. The number of hydrogen-bond acceptors (Lipinski definition) is 0. The Balaban J connectivity index is 3.30. The van der Waals surface area contributed by atoms with Gasteiger partial charge in [0.1, 0.15) is 0 Å². The molecule has 0 unspecified atom stereocenters. The van der Waals surface area contributed by atoms with Gasteiger partial charge in [-0.1, -0.05) is 79.7 Å². The fourth-order valence-electron chi connectivity index (χ4n) is 3.65. The Labute approximate surface area is 155 Å². The lowest BCUT2D eigenvalue weighted by Crippen LogP contribution is -2.50. The van der Waals surface area contributed by atoms with Crippen molar-refractivity contribution in [3.63, 3.8) is 0 Å². The van der Waals surface area contributed by atoms with E-state index in [2.05, 4.69) is 110 Å². The van der Waals surface area contributed by atoms with E-state index < -0.39 is 13.4 Å². The Morgan fingerprint density at radius 2 is 0.727 bits per heavy atom. The molecule has 0 nitrogen and oxygen atoms in total. The van der Waals surface area contributed by atoms with Gasteiger partial charge in [0, 0.05) is 0 Å². The Bertz CT molecular complexity index is 417. The molecule has 0 aliphatic rings. The van der Waals surface area contributed by atoms with E-state index in [0.29, 0.717) is 22.2 Å². The first-order valence-electron chi connectivity index (χ1n) is 8.47. The van der Waals surface area contributed by atoms with E-state index in [1.54, 1.807) is 0 Å². The molecule has 0 saturated heterocycles. The molecule has 0 atom stereocenters. The highest BCUT2D eigenvalue weighted by Gasteiger charge is 2.42. The summed E-state index contributed by atoms with van der Waals surface area (Å²) in [4.78, 5) is 0. The van der Waals surface area contributed by atoms with Crippen LogP contribution in [0.25, 0.3) is 0 Å². The molecule has 0 saturated carbocycles. The summed E-state index contributed by atoms with van der Waals surface area (Å²) in [7, 11) is 0. The third-order valence-electron chi connectivity index (χ3n) is 5.13. The average Bonchev–Trinajstić information content (AvgIpc) is 2.44. The van der Waals surface area contributed by atoms with Crippen LogP contribution >= 0.6 is 30.6 Å². The van der Waals surface area contributed by atoms with Crippen LogP contribution in [0.5, 0.6) is 0 Å². The minimum atomic E-state index is -1.60. The summed E-state index contributed by atoms with van der Waals surface area (Å²) < 4.78 is 0. The van der Waals surface area contributed by atoms with Crippen LogP contribution in [0.3, 0.4) is 0 Å². The summed E-state index contributed by atoms with van der Waals surface area (Å²) in [6.45, 7) is 15.7. The van der Waals surface area contributed by atoms with Gasteiger partial charge in [0.25, 0.3) is 0 Å². The van der Waals surface area contributed by atoms with Crippen molar-refractivity contribution in [2.75, 3.05) is 0 Å². The lowest BCUT2D eigenvalue weighted by molar-refractivity contribution is 0.942. The topological polar surface area (TPSA) is 0 Å². The number of benzene rings is 1. The first-order chi connectivity index (χ1) is 9.98. The van der Waals surface area contributed by atoms with Crippen LogP contribution in [0.15, 0.2) is 24.3 Å². The Kier molecular flexibility index (Phi) is 7.20. The lowest BCUT2D eigenvalue weighted by Gasteiger charge is -2.36.